The molecule has 1 saturated heterocycles. The molecule has 1 aromatic rings. The smallest absolute Gasteiger partial charge is 0.374 e. The van der Waals surface area contributed by atoms with Gasteiger partial charge in [-0.1, -0.05) is 20.8 Å². The van der Waals surface area contributed by atoms with Crippen LogP contribution in [-0.2, 0) is 5.41 Å². The van der Waals surface area contributed by atoms with Crippen molar-refractivity contribution >= 4 is 28.7 Å². The molecule has 0 atom stereocenters. The second-order valence-electron chi connectivity index (χ2n) is 5.70. The molecule has 0 saturated carbocycles. The van der Waals surface area contributed by atoms with E-state index in [4.69, 9.17) is 4.74 Å². The minimum absolute atomic E-state index is 0.115. The van der Waals surface area contributed by atoms with Crippen LogP contribution in [0.15, 0.2) is 6.20 Å². The van der Waals surface area contributed by atoms with Crippen LogP contribution < -0.4 is 10.1 Å². The van der Waals surface area contributed by atoms with E-state index < -0.39 is 0 Å². The first kappa shape index (κ1) is 15.4. The highest BCUT2D eigenvalue weighted by molar-refractivity contribution is 14.1. The second kappa shape index (κ2) is 6.21. The molecule has 20 heavy (non-hydrogen) atoms. The summed E-state index contributed by atoms with van der Waals surface area (Å²) in [6.45, 7) is 9.08. The Morgan fingerprint density at radius 3 is 2.65 bits per heavy atom. The maximum Gasteiger partial charge on any atom is 0.417 e. The van der Waals surface area contributed by atoms with Crippen LogP contribution >= 0.6 is 22.6 Å². The van der Waals surface area contributed by atoms with Gasteiger partial charge in [0.2, 0.25) is 0 Å². The molecule has 1 aliphatic rings. The maximum absolute atomic E-state index is 12.0. The van der Waals surface area contributed by atoms with Crippen LogP contribution in [0.4, 0.5) is 4.79 Å². The minimum Gasteiger partial charge on any atom is -0.374 e. The van der Waals surface area contributed by atoms with E-state index in [2.05, 4.69) is 58.6 Å². The largest absolute Gasteiger partial charge is 0.417 e. The predicted molar refractivity (Wildman–Crippen MR) is 83.9 cm³/mol. The van der Waals surface area contributed by atoms with Crippen LogP contribution in [0.2, 0.25) is 0 Å². The van der Waals surface area contributed by atoms with Gasteiger partial charge in [-0.25, -0.2) is 9.78 Å². The van der Waals surface area contributed by atoms with Gasteiger partial charge < -0.3 is 15.0 Å². The first-order valence-electron chi connectivity index (χ1n) is 6.58. The summed E-state index contributed by atoms with van der Waals surface area (Å²) in [6, 6.07) is 0.124. The Bertz CT molecular complexity index is 496. The quantitative estimate of drug-likeness (QED) is 0.741. The molecule has 0 spiro atoms. The number of halogens is 1. The highest BCUT2D eigenvalue weighted by Gasteiger charge is 2.23. The highest BCUT2D eigenvalue weighted by atomic mass is 127. The van der Waals surface area contributed by atoms with E-state index in [1.807, 2.05) is 0 Å². The summed E-state index contributed by atoms with van der Waals surface area (Å²) in [6.07, 6.45) is 1.31. The molecule has 1 N–H and O–H groups in total. The summed E-state index contributed by atoms with van der Waals surface area (Å²) in [5, 5.41) is 3.19. The van der Waals surface area contributed by atoms with Gasteiger partial charge in [-0.15, -0.1) is 0 Å². The molecule has 1 fully saturated rings. The first-order valence-corrected chi connectivity index (χ1v) is 7.66. The summed E-state index contributed by atoms with van der Waals surface area (Å²) < 4.78 is 6.25. The number of aromatic nitrogens is 2. The number of ether oxygens (including phenoxy) is 1. The van der Waals surface area contributed by atoms with Gasteiger partial charge in [0.25, 0.3) is 0 Å². The normalized spacial score (nSPS) is 16.1. The SMILES string of the molecule is CC(C)(C)c1nc(OC(=O)N2CCNCC2)ncc1I. The average molecular weight is 390 g/mol. The molecule has 2 heterocycles. The molecular formula is C13H19IN4O2. The number of hydrogen-bond acceptors (Lipinski definition) is 5. The molecule has 6 nitrogen and oxygen atoms in total. The van der Waals surface area contributed by atoms with Gasteiger partial charge in [0.15, 0.2) is 0 Å². The Morgan fingerprint density at radius 2 is 2.05 bits per heavy atom. The van der Waals surface area contributed by atoms with Crippen LogP contribution in [0, 0.1) is 3.57 Å². The van der Waals surface area contributed by atoms with Crippen molar-refractivity contribution in [3.63, 3.8) is 0 Å². The van der Waals surface area contributed by atoms with Crippen LogP contribution in [0.3, 0.4) is 0 Å². The van der Waals surface area contributed by atoms with E-state index in [0.717, 1.165) is 22.4 Å². The number of rotatable bonds is 1. The molecule has 1 amide bonds. The van der Waals surface area contributed by atoms with Crippen molar-refractivity contribution in [2.75, 3.05) is 26.2 Å². The maximum atomic E-state index is 12.0. The molecule has 0 radical (unpaired) electrons. The van der Waals surface area contributed by atoms with Gasteiger partial charge in [0.1, 0.15) is 0 Å². The van der Waals surface area contributed by atoms with E-state index in [1.165, 1.54) is 0 Å². The molecule has 0 bridgehead atoms. The molecule has 0 aromatic carbocycles. The van der Waals surface area contributed by atoms with E-state index in [9.17, 15) is 4.79 Å². The molecule has 110 valence electrons. The lowest BCUT2D eigenvalue weighted by Gasteiger charge is -2.26. The van der Waals surface area contributed by atoms with Crippen molar-refractivity contribution in [1.29, 1.82) is 0 Å². The lowest BCUT2D eigenvalue weighted by molar-refractivity contribution is 0.142. The Hall–Kier alpha value is -0.960. The Labute approximate surface area is 132 Å². The van der Waals surface area contributed by atoms with E-state index in [1.54, 1.807) is 11.1 Å². The standard InChI is InChI=1S/C13H19IN4O2/c1-13(2,3)10-9(14)8-16-11(17-10)20-12(19)18-6-4-15-5-7-18/h8,15H,4-7H2,1-3H3. The molecule has 1 aliphatic heterocycles. The van der Waals surface area contributed by atoms with Crippen LogP contribution in [-0.4, -0.2) is 47.1 Å². The summed E-state index contributed by atoms with van der Waals surface area (Å²) in [5.74, 6) is 0. The van der Waals surface area contributed by atoms with Crippen molar-refractivity contribution in [2.24, 2.45) is 0 Å². The van der Waals surface area contributed by atoms with Gasteiger partial charge in [-0.2, -0.15) is 4.98 Å². The van der Waals surface area contributed by atoms with Crippen LogP contribution in [0.1, 0.15) is 26.5 Å². The number of nitrogens with zero attached hydrogens (tertiary/aromatic N) is 3. The third-order valence-corrected chi connectivity index (χ3v) is 3.78. The number of nitrogens with one attached hydrogen (secondary N) is 1. The van der Waals surface area contributed by atoms with Crippen molar-refractivity contribution in [2.45, 2.75) is 26.2 Å². The Kier molecular flexibility index (Phi) is 4.79. The Balaban J connectivity index is 2.11. The fourth-order valence-electron chi connectivity index (χ4n) is 1.92. The summed E-state index contributed by atoms with van der Waals surface area (Å²) in [5.41, 5.74) is 0.770. The number of hydrogen-bond donors (Lipinski definition) is 1. The monoisotopic (exact) mass is 390 g/mol. The summed E-state index contributed by atoms with van der Waals surface area (Å²) in [4.78, 5) is 22.1. The van der Waals surface area contributed by atoms with Gasteiger partial charge in [0.05, 0.1) is 9.26 Å². The fraction of sp³-hybridized carbons (Fsp3) is 0.615. The predicted octanol–water partition coefficient (Wildman–Crippen LogP) is 1.78. The molecule has 0 aliphatic carbocycles. The summed E-state index contributed by atoms with van der Waals surface area (Å²) in [7, 11) is 0. The lowest BCUT2D eigenvalue weighted by Crippen LogP contribution is -2.47. The molecular weight excluding hydrogens is 371 g/mol. The lowest BCUT2D eigenvalue weighted by atomic mass is 9.92. The zero-order chi connectivity index (χ0) is 14.8. The van der Waals surface area contributed by atoms with E-state index in [-0.39, 0.29) is 17.5 Å². The van der Waals surface area contributed by atoms with E-state index in [0.29, 0.717) is 13.1 Å². The summed E-state index contributed by atoms with van der Waals surface area (Å²) >= 11 is 2.20. The first-order chi connectivity index (χ1) is 9.38. The zero-order valence-corrected chi connectivity index (χ0v) is 14.1. The molecule has 2 rings (SSSR count). The third kappa shape index (κ3) is 3.78. The molecule has 1 aromatic heterocycles. The van der Waals surface area contributed by atoms with Crippen LogP contribution in [0.25, 0.3) is 0 Å². The van der Waals surface area contributed by atoms with Crippen molar-refractivity contribution < 1.29 is 9.53 Å². The highest BCUT2D eigenvalue weighted by Crippen LogP contribution is 2.26. The molecule has 7 heteroatoms. The number of amides is 1. The topological polar surface area (TPSA) is 67.3 Å². The van der Waals surface area contributed by atoms with Gasteiger partial charge >= 0.3 is 12.1 Å². The zero-order valence-electron chi connectivity index (χ0n) is 11.9. The van der Waals surface area contributed by atoms with Crippen LogP contribution in [0.5, 0.6) is 6.01 Å². The van der Waals surface area contributed by atoms with Crippen molar-refractivity contribution in [1.82, 2.24) is 20.2 Å². The number of carbonyl (C=O) groups is 1. The average Bonchev–Trinajstić information content (AvgIpc) is 2.40. The van der Waals surface area contributed by atoms with Gasteiger partial charge in [0, 0.05) is 37.8 Å². The van der Waals surface area contributed by atoms with Gasteiger partial charge in [-0.3, -0.25) is 0 Å². The Morgan fingerprint density at radius 1 is 1.40 bits per heavy atom. The molecule has 0 unspecified atom stereocenters. The fourth-order valence-corrected chi connectivity index (χ4v) is 2.99. The van der Waals surface area contributed by atoms with Crippen molar-refractivity contribution in [3.8, 4) is 6.01 Å². The number of piperazine rings is 1. The minimum atomic E-state index is -0.382. The second-order valence-corrected chi connectivity index (χ2v) is 6.87. The van der Waals surface area contributed by atoms with Gasteiger partial charge in [-0.05, 0) is 22.6 Å². The number of carbonyl (C=O) groups excluding carboxylic acids is 1. The third-order valence-electron chi connectivity index (χ3n) is 2.99. The van der Waals surface area contributed by atoms with Crippen molar-refractivity contribution in [3.05, 3.63) is 15.5 Å². The van der Waals surface area contributed by atoms with E-state index >= 15 is 0 Å².